The van der Waals surface area contributed by atoms with Crippen molar-refractivity contribution in [1.82, 2.24) is 0 Å². The molecule has 0 aliphatic heterocycles. The number of rotatable bonds is 42. The van der Waals surface area contributed by atoms with Gasteiger partial charge in [0.2, 0.25) is 0 Å². The van der Waals surface area contributed by atoms with Crippen molar-refractivity contribution in [3.63, 3.8) is 0 Å². The van der Waals surface area contributed by atoms with Gasteiger partial charge in [-0.2, -0.15) is 0 Å². The van der Waals surface area contributed by atoms with Gasteiger partial charge in [-0.15, -0.1) is 0 Å². The molecule has 0 amide bonds. The van der Waals surface area contributed by atoms with Crippen LogP contribution in [0.2, 0.25) is 0 Å². The molecule has 0 bridgehead atoms. The number of carbonyl (C=O) groups excluding carboxylic acids is 2. The number of carboxylic acids is 1. The molecule has 0 aromatic carbocycles. The first-order valence-corrected chi connectivity index (χ1v) is 23.7. The maximum absolute atomic E-state index is 12.8. The lowest BCUT2D eigenvalue weighted by Crippen LogP contribution is -2.50. The third-order valence-corrected chi connectivity index (χ3v) is 10.5. The van der Waals surface area contributed by atoms with E-state index in [9.17, 15) is 19.5 Å². The van der Waals surface area contributed by atoms with Gasteiger partial charge >= 0.3 is 17.9 Å². The van der Waals surface area contributed by atoms with Crippen LogP contribution in [0.3, 0.4) is 0 Å². The standard InChI is InChI=1S/C50H89NO7/c1-6-8-10-12-14-16-18-20-22-23-24-25-26-27-29-31-33-35-37-39-41-49(53)58-46(44-56-43-42-47(50(54)55)51(3,4)5)45-57-48(52)40-38-36-34-32-30-28-21-19-17-15-13-11-9-7-2/h9,11,15,17,21,24-25,28,46-47H,6-8,10,12-14,16,18-20,22-23,26-27,29-45H2,1-5H3/p+1/b11-9+,17-15+,25-24+,28-21+. The number of carbonyl (C=O) groups is 3. The molecule has 0 aromatic rings. The van der Waals surface area contributed by atoms with Crippen LogP contribution < -0.4 is 0 Å². The molecule has 0 spiro atoms. The monoisotopic (exact) mass is 817 g/mol. The zero-order valence-corrected chi connectivity index (χ0v) is 38.2. The number of esters is 2. The smallest absolute Gasteiger partial charge is 0.362 e. The summed E-state index contributed by atoms with van der Waals surface area (Å²) in [5, 5.41) is 9.63. The van der Waals surface area contributed by atoms with E-state index in [-0.39, 0.29) is 36.2 Å². The minimum Gasteiger partial charge on any atom is -0.477 e. The molecule has 0 saturated carbocycles. The summed E-state index contributed by atoms with van der Waals surface area (Å²) >= 11 is 0. The first-order chi connectivity index (χ1) is 28.1. The molecule has 2 unspecified atom stereocenters. The molecule has 0 rings (SSSR count). The van der Waals surface area contributed by atoms with E-state index in [0.29, 0.717) is 19.3 Å². The normalized spacial score (nSPS) is 13.3. The van der Waals surface area contributed by atoms with E-state index in [4.69, 9.17) is 14.2 Å². The molecule has 0 aliphatic rings. The van der Waals surface area contributed by atoms with Crippen molar-refractivity contribution >= 4 is 17.9 Å². The number of carboxylic acid groups (broad SMARTS) is 1. The molecule has 0 aromatic heterocycles. The van der Waals surface area contributed by atoms with Crippen LogP contribution in [-0.2, 0) is 28.6 Å². The number of allylic oxidation sites excluding steroid dienone is 8. The first kappa shape index (κ1) is 55.3. The SMILES string of the molecule is CC/C=C/C/C=C/C/C=C/CCCCCCC(=O)OCC(COCCC(C(=O)O)[N+](C)(C)C)OC(=O)CCCCCCCCC/C=C/CCCCCCCCCCC. The van der Waals surface area contributed by atoms with Crippen LogP contribution in [0, 0.1) is 0 Å². The van der Waals surface area contributed by atoms with E-state index in [0.717, 1.165) is 70.6 Å². The van der Waals surface area contributed by atoms with Crippen molar-refractivity contribution in [1.29, 1.82) is 0 Å². The Labute approximate surface area is 356 Å². The molecule has 0 heterocycles. The second-order valence-corrected chi connectivity index (χ2v) is 17.0. The van der Waals surface area contributed by atoms with Gasteiger partial charge in [-0.25, -0.2) is 4.79 Å². The van der Waals surface area contributed by atoms with Crippen LogP contribution >= 0.6 is 0 Å². The summed E-state index contributed by atoms with van der Waals surface area (Å²) in [5.41, 5.74) is 0. The van der Waals surface area contributed by atoms with Gasteiger partial charge in [0.05, 0.1) is 34.4 Å². The molecule has 1 N–H and O–H groups in total. The minimum absolute atomic E-state index is 0.0517. The Morgan fingerprint density at radius 1 is 0.534 bits per heavy atom. The van der Waals surface area contributed by atoms with Crippen molar-refractivity contribution in [2.75, 3.05) is 41.0 Å². The molecule has 0 radical (unpaired) electrons. The van der Waals surface area contributed by atoms with Gasteiger partial charge < -0.3 is 23.8 Å². The van der Waals surface area contributed by atoms with Crippen molar-refractivity contribution in [3.8, 4) is 0 Å². The molecule has 336 valence electrons. The Kier molecular flexibility index (Phi) is 39.1. The van der Waals surface area contributed by atoms with Crippen LogP contribution in [0.15, 0.2) is 48.6 Å². The van der Waals surface area contributed by atoms with E-state index >= 15 is 0 Å². The van der Waals surface area contributed by atoms with Crippen molar-refractivity contribution in [2.24, 2.45) is 0 Å². The highest BCUT2D eigenvalue weighted by Crippen LogP contribution is 2.14. The predicted octanol–water partition coefficient (Wildman–Crippen LogP) is 13.2. The Morgan fingerprint density at radius 3 is 1.45 bits per heavy atom. The molecule has 8 nitrogen and oxygen atoms in total. The highest BCUT2D eigenvalue weighted by atomic mass is 16.6. The molecule has 0 fully saturated rings. The summed E-state index contributed by atoms with van der Waals surface area (Å²) in [6, 6.07) is -0.619. The highest BCUT2D eigenvalue weighted by Gasteiger charge is 2.31. The molecule has 0 aliphatic carbocycles. The average Bonchev–Trinajstić information content (AvgIpc) is 3.18. The summed E-state index contributed by atoms with van der Waals surface area (Å²) in [5.74, 6) is -1.50. The fourth-order valence-corrected chi connectivity index (χ4v) is 6.81. The second-order valence-electron chi connectivity index (χ2n) is 17.0. The van der Waals surface area contributed by atoms with Crippen LogP contribution in [-0.4, -0.2) is 80.6 Å². The molecule has 8 heteroatoms. The van der Waals surface area contributed by atoms with Gasteiger partial charge in [0.1, 0.15) is 6.61 Å². The maximum Gasteiger partial charge on any atom is 0.362 e. The Balaban J connectivity index is 4.31. The van der Waals surface area contributed by atoms with Gasteiger partial charge in [0.15, 0.2) is 12.1 Å². The van der Waals surface area contributed by atoms with Crippen molar-refractivity contribution < 1.29 is 38.2 Å². The summed E-state index contributed by atoms with van der Waals surface area (Å²) in [4.78, 5) is 37.0. The van der Waals surface area contributed by atoms with E-state index in [1.807, 2.05) is 21.1 Å². The lowest BCUT2D eigenvalue weighted by molar-refractivity contribution is -0.887. The number of hydrogen-bond donors (Lipinski definition) is 1. The molecular weight excluding hydrogens is 727 g/mol. The van der Waals surface area contributed by atoms with E-state index in [1.54, 1.807) is 0 Å². The fraction of sp³-hybridized carbons (Fsp3) is 0.780. The Bertz CT molecular complexity index is 1090. The van der Waals surface area contributed by atoms with Gasteiger partial charge in [-0.1, -0.05) is 159 Å². The lowest BCUT2D eigenvalue weighted by atomic mass is 10.1. The fourth-order valence-electron chi connectivity index (χ4n) is 6.81. The van der Waals surface area contributed by atoms with Crippen molar-refractivity contribution in [2.45, 2.75) is 212 Å². The largest absolute Gasteiger partial charge is 0.477 e. The molecular formula is C50H90NO7+. The zero-order chi connectivity index (χ0) is 42.8. The lowest BCUT2D eigenvalue weighted by Gasteiger charge is -2.31. The summed E-state index contributed by atoms with van der Waals surface area (Å²) in [6.07, 6.45) is 48.7. The van der Waals surface area contributed by atoms with Crippen LogP contribution in [0.4, 0.5) is 0 Å². The summed E-state index contributed by atoms with van der Waals surface area (Å²) in [7, 11) is 5.52. The third kappa shape index (κ3) is 38.8. The van der Waals surface area contributed by atoms with Crippen molar-refractivity contribution in [3.05, 3.63) is 48.6 Å². The topological polar surface area (TPSA) is 99.1 Å². The second kappa shape index (κ2) is 41.0. The molecule has 0 saturated heterocycles. The number of quaternary nitrogens is 1. The average molecular weight is 817 g/mol. The van der Waals surface area contributed by atoms with Crippen LogP contribution in [0.1, 0.15) is 200 Å². The number of hydrogen-bond acceptors (Lipinski definition) is 6. The van der Waals surface area contributed by atoms with Gasteiger partial charge in [0.25, 0.3) is 0 Å². The summed E-state index contributed by atoms with van der Waals surface area (Å²) in [6.45, 7) is 4.60. The number of aliphatic carboxylic acids is 1. The van der Waals surface area contributed by atoms with E-state index in [2.05, 4.69) is 62.5 Å². The predicted molar refractivity (Wildman–Crippen MR) is 243 cm³/mol. The van der Waals surface area contributed by atoms with Crippen LogP contribution in [0.5, 0.6) is 0 Å². The number of nitrogens with zero attached hydrogens (tertiary/aromatic N) is 1. The van der Waals surface area contributed by atoms with Gasteiger partial charge in [0, 0.05) is 19.3 Å². The van der Waals surface area contributed by atoms with Gasteiger partial charge in [-0.05, 0) is 70.6 Å². The zero-order valence-electron chi connectivity index (χ0n) is 38.2. The highest BCUT2D eigenvalue weighted by molar-refractivity contribution is 5.72. The molecule has 58 heavy (non-hydrogen) atoms. The molecule has 2 atom stereocenters. The third-order valence-electron chi connectivity index (χ3n) is 10.5. The first-order valence-electron chi connectivity index (χ1n) is 23.7. The summed E-state index contributed by atoms with van der Waals surface area (Å²) < 4.78 is 17.3. The van der Waals surface area contributed by atoms with E-state index in [1.165, 1.54) is 96.3 Å². The maximum atomic E-state index is 12.8. The van der Waals surface area contributed by atoms with Crippen LogP contribution in [0.25, 0.3) is 0 Å². The Hall–Kier alpha value is -2.71. The minimum atomic E-state index is -0.879. The van der Waals surface area contributed by atoms with E-state index < -0.39 is 18.1 Å². The van der Waals surface area contributed by atoms with Gasteiger partial charge in [-0.3, -0.25) is 9.59 Å². The number of ether oxygens (including phenoxy) is 3. The number of likely N-dealkylation sites (N-methyl/N-ethyl adjacent to an activating group) is 1. The Morgan fingerprint density at radius 2 is 0.966 bits per heavy atom. The number of unbranched alkanes of at least 4 members (excludes halogenated alkanes) is 20. The quantitative estimate of drug-likeness (QED) is 0.0283.